The predicted molar refractivity (Wildman–Crippen MR) is 62.0 cm³/mol. The van der Waals surface area contributed by atoms with Gasteiger partial charge in [0.25, 0.3) is 0 Å². The van der Waals surface area contributed by atoms with Crippen LogP contribution in [0.25, 0.3) is 5.82 Å². The quantitative estimate of drug-likeness (QED) is 0.730. The van der Waals surface area contributed by atoms with Gasteiger partial charge in [0, 0.05) is 6.20 Å². The fourth-order valence-corrected chi connectivity index (χ4v) is 1.51. The molecule has 18 heavy (non-hydrogen) atoms. The van der Waals surface area contributed by atoms with Crippen molar-refractivity contribution in [2.24, 2.45) is 0 Å². The Morgan fingerprint density at radius 3 is 2.94 bits per heavy atom. The summed E-state index contributed by atoms with van der Waals surface area (Å²) in [6.45, 7) is 4.07. The topological polar surface area (TPSA) is 82.8 Å². The van der Waals surface area contributed by atoms with Crippen LogP contribution in [0.15, 0.2) is 18.6 Å². The molecule has 7 heteroatoms. The van der Waals surface area contributed by atoms with Crippen LogP contribution >= 0.6 is 0 Å². The number of ether oxygens (including phenoxy) is 1. The van der Waals surface area contributed by atoms with E-state index < -0.39 is 0 Å². The molecule has 0 bridgehead atoms. The summed E-state index contributed by atoms with van der Waals surface area (Å²) in [5.41, 5.74) is 1.79. The van der Waals surface area contributed by atoms with Crippen molar-refractivity contribution in [1.29, 1.82) is 0 Å². The summed E-state index contributed by atoms with van der Waals surface area (Å²) in [6.07, 6.45) is 3.33. The second kappa shape index (κ2) is 5.35. The average Bonchev–Trinajstić information content (AvgIpc) is 2.85. The molecule has 0 atom stereocenters. The first-order chi connectivity index (χ1) is 8.70. The molecular formula is C11H13N5O2. The monoisotopic (exact) mass is 247 g/mol. The number of carbonyl (C=O) groups excluding carboxylic acids is 1. The van der Waals surface area contributed by atoms with Crippen LogP contribution in [-0.4, -0.2) is 37.8 Å². The van der Waals surface area contributed by atoms with Crippen LogP contribution in [0.2, 0.25) is 0 Å². The Kier molecular flexibility index (Phi) is 3.61. The largest absolute Gasteiger partial charge is 0.466 e. The molecule has 2 heterocycles. The first-order valence-electron chi connectivity index (χ1n) is 5.55. The van der Waals surface area contributed by atoms with Crippen molar-refractivity contribution in [2.75, 3.05) is 6.61 Å². The number of pyridine rings is 1. The molecule has 0 spiro atoms. The smallest absolute Gasteiger partial charge is 0.310 e. The normalized spacial score (nSPS) is 10.3. The Morgan fingerprint density at radius 2 is 2.33 bits per heavy atom. The summed E-state index contributed by atoms with van der Waals surface area (Å²) in [6, 6.07) is 1.82. The third-order valence-corrected chi connectivity index (χ3v) is 2.43. The van der Waals surface area contributed by atoms with Gasteiger partial charge in [0.15, 0.2) is 5.82 Å². The lowest BCUT2D eigenvalue weighted by molar-refractivity contribution is -0.142. The molecule has 7 nitrogen and oxygen atoms in total. The lowest BCUT2D eigenvalue weighted by atomic mass is 10.1. The van der Waals surface area contributed by atoms with E-state index in [0.717, 1.165) is 11.1 Å². The van der Waals surface area contributed by atoms with E-state index in [2.05, 4.69) is 20.5 Å². The number of aromatic nitrogens is 5. The Hall–Kier alpha value is -2.31. The number of nitrogens with zero attached hydrogens (tertiary/aromatic N) is 5. The van der Waals surface area contributed by atoms with Crippen molar-refractivity contribution in [3.05, 3.63) is 29.7 Å². The van der Waals surface area contributed by atoms with Gasteiger partial charge in [0.2, 0.25) is 0 Å². The minimum Gasteiger partial charge on any atom is -0.466 e. The molecule has 2 aromatic heterocycles. The molecule has 0 aliphatic heterocycles. The summed E-state index contributed by atoms with van der Waals surface area (Å²) in [4.78, 5) is 15.6. The van der Waals surface area contributed by atoms with Gasteiger partial charge >= 0.3 is 5.97 Å². The maximum atomic E-state index is 11.4. The van der Waals surface area contributed by atoms with Gasteiger partial charge in [-0.25, -0.2) is 4.98 Å². The number of hydrogen-bond donors (Lipinski definition) is 0. The minimum atomic E-state index is -0.252. The van der Waals surface area contributed by atoms with Gasteiger partial charge in [-0.05, 0) is 41.5 Å². The van der Waals surface area contributed by atoms with Crippen LogP contribution in [0, 0.1) is 6.92 Å². The second-order valence-electron chi connectivity index (χ2n) is 3.71. The van der Waals surface area contributed by atoms with E-state index in [1.54, 1.807) is 13.1 Å². The van der Waals surface area contributed by atoms with Gasteiger partial charge in [-0.1, -0.05) is 0 Å². The Balaban J connectivity index is 2.18. The van der Waals surface area contributed by atoms with Crippen LogP contribution in [0.4, 0.5) is 0 Å². The van der Waals surface area contributed by atoms with Crippen molar-refractivity contribution in [3.63, 3.8) is 0 Å². The van der Waals surface area contributed by atoms with Gasteiger partial charge in [-0.2, -0.15) is 4.68 Å². The molecule has 94 valence electrons. The summed E-state index contributed by atoms with van der Waals surface area (Å²) in [5, 5.41) is 10.8. The highest BCUT2D eigenvalue weighted by Gasteiger charge is 2.09. The summed E-state index contributed by atoms with van der Waals surface area (Å²) in [5.74, 6) is 0.364. The SMILES string of the molecule is CCOC(=O)Cc1cnc(-n2cnnn2)cc1C. The molecule has 0 N–H and O–H groups in total. The number of esters is 1. The minimum absolute atomic E-state index is 0.225. The number of hydrogen-bond acceptors (Lipinski definition) is 6. The van der Waals surface area contributed by atoms with Crippen LogP contribution in [0.5, 0.6) is 0 Å². The number of carbonyl (C=O) groups is 1. The fourth-order valence-electron chi connectivity index (χ4n) is 1.51. The van der Waals surface area contributed by atoms with E-state index in [9.17, 15) is 4.79 Å². The van der Waals surface area contributed by atoms with E-state index in [4.69, 9.17) is 4.74 Å². The van der Waals surface area contributed by atoms with E-state index >= 15 is 0 Å². The highest BCUT2D eigenvalue weighted by molar-refractivity contribution is 5.72. The first-order valence-corrected chi connectivity index (χ1v) is 5.55. The Labute approximate surface area is 104 Å². The molecule has 0 saturated heterocycles. The first kappa shape index (κ1) is 12.2. The van der Waals surface area contributed by atoms with Gasteiger partial charge in [0.05, 0.1) is 13.0 Å². The van der Waals surface area contributed by atoms with E-state index in [0.29, 0.717) is 12.4 Å². The highest BCUT2D eigenvalue weighted by atomic mass is 16.5. The summed E-state index contributed by atoms with van der Waals surface area (Å²) < 4.78 is 6.36. The fraction of sp³-hybridized carbons (Fsp3) is 0.364. The molecule has 0 amide bonds. The number of tetrazole rings is 1. The molecule has 0 aromatic carbocycles. The van der Waals surface area contributed by atoms with Crippen LogP contribution in [0.1, 0.15) is 18.1 Å². The predicted octanol–water partition coefficient (Wildman–Crippen LogP) is 0.471. The van der Waals surface area contributed by atoms with Gasteiger partial charge in [-0.3, -0.25) is 4.79 Å². The molecule has 0 saturated carbocycles. The maximum absolute atomic E-state index is 11.4. The van der Waals surface area contributed by atoms with Crippen molar-refractivity contribution < 1.29 is 9.53 Å². The zero-order chi connectivity index (χ0) is 13.0. The molecule has 2 aromatic rings. The summed E-state index contributed by atoms with van der Waals surface area (Å²) >= 11 is 0. The van der Waals surface area contributed by atoms with Gasteiger partial charge < -0.3 is 4.74 Å². The van der Waals surface area contributed by atoms with Crippen molar-refractivity contribution in [2.45, 2.75) is 20.3 Å². The third-order valence-electron chi connectivity index (χ3n) is 2.43. The van der Waals surface area contributed by atoms with Crippen LogP contribution in [-0.2, 0) is 16.0 Å². The highest BCUT2D eigenvalue weighted by Crippen LogP contribution is 2.11. The van der Waals surface area contributed by atoms with Crippen LogP contribution < -0.4 is 0 Å². The molecule has 0 aliphatic carbocycles. The Morgan fingerprint density at radius 1 is 1.50 bits per heavy atom. The van der Waals surface area contributed by atoms with Crippen molar-refractivity contribution >= 4 is 5.97 Å². The average molecular weight is 247 g/mol. The molecule has 2 rings (SSSR count). The number of rotatable bonds is 4. The van der Waals surface area contributed by atoms with Crippen molar-refractivity contribution in [1.82, 2.24) is 25.2 Å². The molecular weight excluding hydrogens is 234 g/mol. The second-order valence-corrected chi connectivity index (χ2v) is 3.71. The van der Waals surface area contributed by atoms with Gasteiger partial charge in [0.1, 0.15) is 6.33 Å². The van der Waals surface area contributed by atoms with Crippen LogP contribution in [0.3, 0.4) is 0 Å². The van der Waals surface area contributed by atoms with E-state index in [-0.39, 0.29) is 12.4 Å². The summed E-state index contributed by atoms with van der Waals surface area (Å²) in [7, 11) is 0. The maximum Gasteiger partial charge on any atom is 0.310 e. The zero-order valence-corrected chi connectivity index (χ0v) is 10.2. The molecule has 0 aliphatic rings. The van der Waals surface area contributed by atoms with Crippen molar-refractivity contribution in [3.8, 4) is 5.82 Å². The Bertz CT molecular complexity index is 538. The molecule has 0 radical (unpaired) electrons. The van der Waals surface area contributed by atoms with E-state index in [1.807, 2.05) is 13.0 Å². The third kappa shape index (κ3) is 2.68. The molecule has 0 unspecified atom stereocenters. The van der Waals surface area contributed by atoms with Gasteiger partial charge in [-0.15, -0.1) is 5.10 Å². The van der Waals surface area contributed by atoms with E-state index in [1.165, 1.54) is 11.0 Å². The lowest BCUT2D eigenvalue weighted by Crippen LogP contribution is -2.09. The number of aryl methyl sites for hydroxylation is 1. The standard InChI is InChI=1S/C11H13N5O2/c1-3-18-11(17)5-9-6-12-10(4-8(9)2)16-7-13-14-15-16/h4,6-7H,3,5H2,1-2H3. The molecule has 0 fully saturated rings. The zero-order valence-electron chi connectivity index (χ0n) is 10.2. The lowest BCUT2D eigenvalue weighted by Gasteiger charge is -2.06.